The Labute approximate surface area is 137 Å². The third-order valence-electron chi connectivity index (χ3n) is 4.05. The van der Waals surface area contributed by atoms with Gasteiger partial charge in [0.25, 0.3) is 0 Å². The number of benzene rings is 1. The van der Waals surface area contributed by atoms with Crippen LogP contribution in [0.25, 0.3) is 0 Å². The summed E-state index contributed by atoms with van der Waals surface area (Å²) in [5.41, 5.74) is 6.83. The smallest absolute Gasteiger partial charge is 0.439 e. The minimum atomic E-state index is -1.02. The second kappa shape index (κ2) is 6.66. The van der Waals surface area contributed by atoms with Crippen LogP contribution in [0.2, 0.25) is 0 Å². The predicted molar refractivity (Wildman–Crippen MR) is 85.5 cm³/mol. The monoisotopic (exact) mass is 339 g/mol. The van der Waals surface area contributed by atoms with Gasteiger partial charge in [0.05, 0.1) is 5.88 Å². The van der Waals surface area contributed by atoms with Crippen molar-refractivity contribution in [1.29, 1.82) is 0 Å². The molecule has 0 radical (unpaired) electrons. The second-order valence-electron chi connectivity index (χ2n) is 5.58. The van der Waals surface area contributed by atoms with Crippen LogP contribution in [0.3, 0.4) is 0 Å². The van der Waals surface area contributed by atoms with Gasteiger partial charge in [0.15, 0.2) is 0 Å². The van der Waals surface area contributed by atoms with Crippen molar-refractivity contribution < 1.29 is 18.8 Å². The van der Waals surface area contributed by atoms with Gasteiger partial charge in [0.2, 0.25) is 5.91 Å². The Morgan fingerprint density at radius 1 is 1.39 bits per heavy atom. The lowest BCUT2D eigenvalue weighted by Gasteiger charge is -2.21. The van der Waals surface area contributed by atoms with Crippen molar-refractivity contribution in [1.82, 2.24) is 5.12 Å². The van der Waals surface area contributed by atoms with E-state index in [1.54, 1.807) is 12.1 Å². The summed E-state index contributed by atoms with van der Waals surface area (Å²) >= 11 is 1.87. The Kier molecular flexibility index (Phi) is 4.61. The molecule has 0 saturated carbocycles. The molecule has 124 valence electrons. The minimum Gasteiger partial charge on any atom is -0.442 e. The molecule has 23 heavy (non-hydrogen) atoms. The largest absolute Gasteiger partial charge is 0.442 e. The van der Waals surface area contributed by atoms with Crippen LogP contribution in [0, 0.1) is 0 Å². The van der Waals surface area contributed by atoms with E-state index in [2.05, 4.69) is 4.90 Å². The molecule has 3 rings (SSSR count). The molecular formula is C15H18FN3O3S. The molecule has 0 aromatic heterocycles. The van der Waals surface area contributed by atoms with Crippen LogP contribution < -0.4 is 10.6 Å². The van der Waals surface area contributed by atoms with E-state index in [9.17, 15) is 14.1 Å². The molecule has 2 fully saturated rings. The van der Waals surface area contributed by atoms with Crippen LogP contribution in [0.1, 0.15) is 24.4 Å². The average molecular weight is 339 g/mol. The summed E-state index contributed by atoms with van der Waals surface area (Å²) in [5.74, 6) is 1.54. The Bertz CT molecular complexity index is 592. The molecule has 8 heteroatoms. The Hall–Kier alpha value is -1.96. The third-order valence-corrected chi connectivity index (χ3v) is 5.02. The van der Waals surface area contributed by atoms with Crippen molar-refractivity contribution in [3.8, 4) is 0 Å². The highest BCUT2D eigenvalue weighted by Gasteiger charge is 2.43. The number of nitrogens with zero attached hydrogens (tertiary/aromatic N) is 2. The number of cyclic esters (lactones) is 1. The molecule has 2 aliphatic heterocycles. The highest BCUT2D eigenvalue weighted by Crippen LogP contribution is 2.36. The van der Waals surface area contributed by atoms with E-state index in [0.717, 1.165) is 23.9 Å². The molecule has 2 atom stereocenters. The highest BCUT2D eigenvalue weighted by molar-refractivity contribution is 7.99. The van der Waals surface area contributed by atoms with E-state index in [-0.39, 0.29) is 18.0 Å². The van der Waals surface area contributed by atoms with Gasteiger partial charge in [0, 0.05) is 24.4 Å². The fourth-order valence-corrected chi connectivity index (χ4v) is 3.83. The van der Waals surface area contributed by atoms with Crippen LogP contribution in [0.5, 0.6) is 0 Å². The lowest BCUT2D eigenvalue weighted by atomic mass is 9.98. The zero-order valence-electron chi connectivity index (χ0n) is 12.5. The number of rotatable bonds is 5. The van der Waals surface area contributed by atoms with Crippen molar-refractivity contribution >= 4 is 29.4 Å². The molecule has 2 unspecified atom stereocenters. The number of carbonyl (C=O) groups excluding carboxylic acids is 2. The number of primary amides is 1. The summed E-state index contributed by atoms with van der Waals surface area (Å²) in [6.45, 7) is 0.992. The quantitative estimate of drug-likeness (QED) is 0.833. The van der Waals surface area contributed by atoms with Crippen molar-refractivity contribution in [2.24, 2.45) is 5.73 Å². The van der Waals surface area contributed by atoms with E-state index in [0.29, 0.717) is 5.56 Å². The first-order valence-corrected chi connectivity index (χ1v) is 8.58. The van der Waals surface area contributed by atoms with Crippen LogP contribution in [0.15, 0.2) is 24.3 Å². The molecular weight excluding hydrogens is 321 g/mol. The Morgan fingerprint density at radius 3 is 2.74 bits per heavy atom. The van der Waals surface area contributed by atoms with Gasteiger partial charge in [-0.3, -0.25) is 4.79 Å². The van der Waals surface area contributed by atoms with Gasteiger partial charge >= 0.3 is 6.09 Å². The third kappa shape index (κ3) is 3.36. The lowest BCUT2D eigenvalue weighted by molar-refractivity contribution is -0.118. The molecule has 2 saturated heterocycles. The predicted octanol–water partition coefficient (Wildman–Crippen LogP) is 2.21. The molecule has 2 heterocycles. The topological polar surface area (TPSA) is 75.9 Å². The summed E-state index contributed by atoms with van der Waals surface area (Å²) in [6.07, 6.45) is -1.49. The SMILES string of the molecule is NC(=O)CCC1OC(=O)N(F)C1c1ccc(N2CCSC2)cc1. The minimum absolute atomic E-state index is 0.0470. The Balaban J connectivity index is 1.76. The van der Waals surface area contributed by atoms with Gasteiger partial charge in [-0.25, -0.2) is 4.79 Å². The number of nitrogens with two attached hydrogens (primary N) is 1. The molecule has 2 amide bonds. The first-order valence-electron chi connectivity index (χ1n) is 7.43. The normalized spacial score (nSPS) is 24.1. The fourth-order valence-electron chi connectivity index (χ4n) is 2.85. The van der Waals surface area contributed by atoms with Gasteiger partial charge in [-0.15, -0.1) is 16.9 Å². The molecule has 1 aromatic rings. The van der Waals surface area contributed by atoms with Gasteiger partial charge in [0.1, 0.15) is 12.1 Å². The number of anilines is 1. The van der Waals surface area contributed by atoms with Gasteiger partial charge in [-0.1, -0.05) is 16.6 Å². The van der Waals surface area contributed by atoms with Crippen molar-refractivity contribution in [2.75, 3.05) is 23.1 Å². The molecule has 1 aromatic carbocycles. The first-order chi connectivity index (χ1) is 11.1. The van der Waals surface area contributed by atoms with E-state index in [4.69, 9.17) is 10.5 Å². The first kappa shape index (κ1) is 15.9. The van der Waals surface area contributed by atoms with Crippen molar-refractivity contribution in [3.05, 3.63) is 29.8 Å². The Morgan fingerprint density at radius 2 is 2.13 bits per heavy atom. The molecule has 0 spiro atoms. The summed E-state index contributed by atoms with van der Waals surface area (Å²) in [5, 5.41) is 0.0897. The van der Waals surface area contributed by atoms with Gasteiger partial charge in [-0.05, 0) is 24.1 Å². The number of halogens is 1. The summed E-state index contributed by atoms with van der Waals surface area (Å²) < 4.78 is 19.1. The van der Waals surface area contributed by atoms with Crippen LogP contribution >= 0.6 is 11.8 Å². The van der Waals surface area contributed by atoms with Crippen molar-refractivity contribution in [2.45, 2.75) is 25.0 Å². The van der Waals surface area contributed by atoms with Crippen LogP contribution in [0.4, 0.5) is 15.0 Å². The van der Waals surface area contributed by atoms with E-state index < -0.39 is 24.1 Å². The summed E-state index contributed by atoms with van der Waals surface area (Å²) in [7, 11) is 0. The average Bonchev–Trinajstić information content (AvgIpc) is 3.15. The molecule has 0 aliphatic carbocycles. The van der Waals surface area contributed by atoms with Gasteiger partial charge in [-0.2, -0.15) is 0 Å². The lowest BCUT2D eigenvalue weighted by Crippen LogP contribution is -2.24. The standard InChI is InChI=1S/C15H18FN3O3S/c16-19-14(12(22-15(19)21)5-6-13(17)20)10-1-3-11(4-2-10)18-7-8-23-9-18/h1-4,12,14H,5-9H2,(H2,17,20). The molecule has 2 N–H and O–H groups in total. The molecule has 0 bridgehead atoms. The van der Waals surface area contributed by atoms with Crippen molar-refractivity contribution in [3.63, 3.8) is 0 Å². The zero-order valence-corrected chi connectivity index (χ0v) is 13.3. The molecule has 2 aliphatic rings. The highest BCUT2D eigenvalue weighted by atomic mass is 32.2. The van der Waals surface area contributed by atoms with Crippen LogP contribution in [-0.2, 0) is 9.53 Å². The summed E-state index contributed by atoms with van der Waals surface area (Å²) in [6, 6.07) is 6.60. The maximum Gasteiger partial charge on any atom is 0.439 e. The maximum absolute atomic E-state index is 14.1. The van der Waals surface area contributed by atoms with E-state index >= 15 is 0 Å². The number of ether oxygens (including phenoxy) is 1. The number of hydrogen-bond donors (Lipinski definition) is 1. The number of amides is 2. The number of thioether (sulfide) groups is 1. The zero-order chi connectivity index (χ0) is 16.4. The second-order valence-corrected chi connectivity index (χ2v) is 6.65. The fraction of sp³-hybridized carbons (Fsp3) is 0.467. The van der Waals surface area contributed by atoms with Crippen LogP contribution in [-0.4, -0.2) is 41.4 Å². The number of carbonyl (C=O) groups is 2. The van der Waals surface area contributed by atoms with Gasteiger partial charge < -0.3 is 15.4 Å². The summed E-state index contributed by atoms with van der Waals surface area (Å²) in [4.78, 5) is 24.6. The van der Waals surface area contributed by atoms with E-state index in [1.807, 2.05) is 23.9 Å². The van der Waals surface area contributed by atoms with E-state index in [1.165, 1.54) is 0 Å². The number of hydrogen-bond acceptors (Lipinski definition) is 5. The maximum atomic E-state index is 14.1. The molecule has 6 nitrogen and oxygen atoms in total.